The molecule has 128 valence electrons. The Morgan fingerprint density at radius 1 is 0.917 bits per heavy atom. The van der Waals surface area contributed by atoms with Gasteiger partial charge in [-0.3, -0.25) is 4.57 Å². The molecule has 2 rings (SSSR count). The summed E-state index contributed by atoms with van der Waals surface area (Å²) in [7, 11) is -3.12. The molecule has 0 aliphatic carbocycles. The van der Waals surface area contributed by atoms with Crippen LogP contribution in [0, 0.1) is 0 Å². The summed E-state index contributed by atoms with van der Waals surface area (Å²) in [4.78, 5) is 0. The second-order valence-corrected chi connectivity index (χ2v) is 7.53. The summed E-state index contributed by atoms with van der Waals surface area (Å²) in [5.74, 6) is 0. The van der Waals surface area contributed by atoms with Crippen LogP contribution in [0.25, 0.3) is 6.08 Å². The van der Waals surface area contributed by atoms with E-state index < -0.39 is 7.60 Å². The monoisotopic (exact) mass is 344 g/mol. The molecule has 0 atom stereocenters. The van der Waals surface area contributed by atoms with Gasteiger partial charge in [-0.2, -0.15) is 0 Å². The van der Waals surface area contributed by atoms with Crippen LogP contribution in [0.5, 0.6) is 0 Å². The van der Waals surface area contributed by atoms with E-state index in [0.717, 1.165) is 17.6 Å². The molecule has 2 aromatic rings. The van der Waals surface area contributed by atoms with Crippen LogP contribution in [0.15, 0.2) is 66.2 Å². The zero-order valence-electron chi connectivity index (χ0n) is 14.4. The molecule has 24 heavy (non-hydrogen) atoms. The molecule has 0 fully saturated rings. The maximum Gasteiger partial charge on any atom is 0.334 e. The Kier molecular flexibility index (Phi) is 7.45. The molecule has 2 aromatic carbocycles. The number of rotatable bonds is 9. The summed E-state index contributed by atoms with van der Waals surface area (Å²) < 4.78 is 23.9. The van der Waals surface area contributed by atoms with Gasteiger partial charge in [0.05, 0.1) is 19.4 Å². The molecule has 0 N–H and O–H groups in total. The number of allylic oxidation sites excluding steroid dienone is 1. The van der Waals surface area contributed by atoms with Gasteiger partial charge in [0.25, 0.3) is 0 Å². The third-order valence-corrected chi connectivity index (χ3v) is 5.59. The van der Waals surface area contributed by atoms with E-state index in [9.17, 15) is 4.57 Å². The topological polar surface area (TPSA) is 35.5 Å². The minimum absolute atomic E-state index is 0.304. The summed E-state index contributed by atoms with van der Waals surface area (Å²) >= 11 is 0. The van der Waals surface area contributed by atoms with Crippen LogP contribution in [0.1, 0.15) is 25.0 Å². The Labute approximate surface area is 144 Å². The first-order valence-electron chi connectivity index (χ1n) is 8.31. The Hall–Kier alpha value is -1.67. The van der Waals surface area contributed by atoms with Gasteiger partial charge in [0.15, 0.2) is 0 Å². The molecule has 0 radical (unpaired) electrons. The van der Waals surface area contributed by atoms with Gasteiger partial charge in [0.2, 0.25) is 0 Å². The van der Waals surface area contributed by atoms with Crippen molar-refractivity contribution < 1.29 is 13.6 Å². The van der Waals surface area contributed by atoms with Crippen molar-refractivity contribution in [3.63, 3.8) is 0 Å². The van der Waals surface area contributed by atoms with Gasteiger partial charge in [-0.25, -0.2) is 0 Å². The average Bonchev–Trinajstić information content (AvgIpc) is 2.57. The SMILES string of the molecule is CCOP(=O)(C/C(=C/c1ccccc1)Cc1ccccc1)OCC. The molecule has 0 saturated heterocycles. The summed E-state index contributed by atoms with van der Waals surface area (Å²) in [6, 6.07) is 20.2. The molecule has 0 aromatic heterocycles. The fraction of sp³-hybridized carbons (Fsp3) is 0.300. The van der Waals surface area contributed by atoms with Crippen LogP contribution in [0.3, 0.4) is 0 Å². The van der Waals surface area contributed by atoms with Gasteiger partial charge in [-0.1, -0.05) is 72.3 Å². The molecule has 0 aliphatic heterocycles. The van der Waals surface area contributed by atoms with Gasteiger partial charge in [0.1, 0.15) is 0 Å². The molecule has 0 amide bonds. The van der Waals surface area contributed by atoms with Crippen LogP contribution in [0.2, 0.25) is 0 Å². The zero-order valence-corrected chi connectivity index (χ0v) is 15.2. The molecule has 0 unspecified atom stereocenters. The van der Waals surface area contributed by atoms with Crippen LogP contribution >= 0.6 is 7.60 Å². The quantitative estimate of drug-likeness (QED) is 0.557. The third-order valence-electron chi connectivity index (χ3n) is 3.49. The van der Waals surface area contributed by atoms with E-state index in [-0.39, 0.29) is 0 Å². The summed E-state index contributed by atoms with van der Waals surface area (Å²) in [6.45, 7) is 4.43. The molecule has 4 heteroatoms. The molecule has 0 saturated carbocycles. The van der Waals surface area contributed by atoms with E-state index in [4.69, 9.17) is 9.05 Å². The Morgan fingerprint density at radius 3 is 2.00 bits per heavy atom. The highest BCUT2D eigenvalue weighted by atomic mass is 31.2. The minimum atomic E-state index is -3.12. The first-order chi connectivity index (χ1) is 11.6. The standard InChI is InChI=1S/C20H25O3P/c1-3-22-24(21,23-4-2)17-20(15-18-11-7-5-8-12-18)16-19-13-9-6-10-14-19/h5-15H,3-4,16-17H2,1-2H3/b20-15+. The van der Waals surface area contributed by atoms with E-state index in [2.05, 4.69) is 18.2 Å². The Morgan fingerprint density at radius 2 is 1.46 bits per heavy atom. The van der Waals surface area contributed by atoms with Gasteiger partial charge in [-0.15, -0.1) is 0 Å². The van der Waals surface area contributed by atoms with E-state index in [1.54, 1.807) is 0 Å². The van der Waals surface area contributed by atoms with Crippen LogP contribution < -0.4 is 0 Å². The van der Waals surface area contributed by atoms with Gasteiger partial charge < -0.3 is 9.05 Å². The first-order valence-corrected chi connectivity index (χ1v) is 10.0. The minimum Gasteiger partial charge on any atom is -0.309 e. The number of hydrogen-bond donors (Lipinski definition) is 0. The second kappa shape index (κ2) is 9.58. The average molecular weight is 344 g/mol. The lowest BCUT2D eigenvalue weighted by Crippen LogP contribution is -2.04. The molecular formula is C20H25O3P. The van der Waals surface area contributed by atoms with Crippen molar-refractivity contribution in [1.29, 1.82) is 0 Å². The summed E-state index contributed by atoms with van der Waals surface area (Å²) in [5.41, 5.74) is 3.31. The van der Waals surface area contributed by atoms with Crippen LogP contribution in [0.4, 0.5) is 0 Å². The van der Waals surface area contributed by atoms with Crippen molar-refractivity contribution in [3.05, 3.63) is 77.4 Å². The van der Waals surface area contributed by atoms with E-state index in [0.29, 0.717) is 19.4 Å². The lowest BCUT2D eigenvalue weighted by atomic mass is 10.0. The number of hydrogen-bond acceptors (Lipinski definition) is 3. The van der Waals surface area contributed by atoms with Gasteiger partial charge in [-0.05, 0) is 31.4 Å². The van der Waals surface area contributed by atoms with Crippen molar-refractivity contribution in [2.24, 2.45) is 0 Å². The van der Waals surface area contributed by atoms with Crippen molar-refractivity contribution in [1.82, 2.24) is 0 Å². The lowest BCUT2D eigenvalue weighted by Gasteiger charge is -2.19. The molecule has 0 bridgehead atoms. The van der Waals surface area contributed by atoms with Crippen molar-refractivity contribution in [2.45, 2.75) is 20.3 Å². The normalized spacial score (nSPS) is 12.3. The van der Waals surface area contributed by atoms with E-state index >= 15 is 0 Å². The smallest absolute Gasteiger partial charge is 0.309 e. The second-order valence-electron chi connectivity index (χ2n) is 5.48. The highest BCUT2D eigenvalue weighted by Gasteiger charge is 2.25. The molecule has 0 heterocycles. The van der Waals surface area contributed by atoms with E-state index in [1.165, 1.54) is 5.56 Å². The largest absolute Gasteiger partial charge is 0.334 e. The predicted molar refractivity (Wildman–Crippen MR) is 100 cm³/mol. The van der Waals surface area contributed by atoms with Gasteiger partial charge >= 0.3 is 7.60 Å². The van der Waals surface area contributed by atoms with Crippen molar-refractivity contribution in [2.75, 3.05) is 19.4 Å². The summed E-state index contributed by atoms with van der Waals surface area (Å²) in [5, 5.41) is 0. The van der Waals surface area contributed by atoms with Crippen LogP contribution in [-0.4, -0.2) is 19.4 Å². The van der Waals surface area contributed by atoms with Crippen molar-refractivity contribution in [3.8, 4) is 0 Å². The third kappa shape index (κ3) is 6.09. The molecular weight excluding hydrogens is 319 g/mol. The number of benzene rings is 2. The molecule has 3 nitrogen and oxygen atoms in total. The van der Waals surface area contributed by atoms with E-state index in [1.807, 2.05) is 62.4 Å². The lowest BCUT2D eigenvalue weighted by molar-refractivity contribution is 0.222. The first kappa shape index (κ1) is 18.7. The zero-order chi connectivity index (χ0) is 17.3. The molecule has 0 aliphatic rings. The molecule has 0 spiro atoms. The highest BCUT2D eigenvalue weighted by Crippen LogP contribution is 2.50. The fourth-order valence-corrected chi connectivity index (χ4v) is 4.31. The van der Waals surface area contributed by atoms with Crippen molar-refractivity contribution >= 4 is 13.7 Å². The summed E-state index contributed by atoms with van der Waals surface area (Å²) in [6.07, 6.45) is 3.11. The highest BCUT2D eigenvalue weighted by molar-refractivity contribution is 7.54. The Bertz CT molecular complexity index is 671. The Balaban J connectivity index is 2.28. The van der Waals surface area contributed by atoms with Crippen LogP contribution in [-0.2, 0) is 20.0 Å². The maximum absolute atomic E-state index is 12.9. The fourth-order valence-electron chi connectivity index (χ4n) is 2.57. The maximum atomic E-state index is 12.9. The predicted octanol–water partition coefficient (Wildman–Crippen LogP) is 5.58. The van der Waals surface area contributed by atoms with Gasteiger partial charge in [0, 0.05) is 0 Å².